The molecule has 1 atom stereocenters. The molecule has 0 aliphatic carbocycles. The van der Waals surface area contributed by atoms with E-state index in [0.29, 0.717) is 22.7 Å². The number of fused-ring (bicyclic) bond motifs is 2. The average Bonchev–Trinajstić information content (AvgIpc) is 2.98. The highest BCUT2D eigenvalue weighted by molar-refractivity contribution is 7.84. The zero-order valence-electron chi connectivity index (χ0n) is 12.8. The minimum absolute atomic E-state index is 0.111. The van der Waals surface area contributed by atoms with Gasteiger partial charge in [-0.2, -0.15) is 9.61 Å². The molecule has 0 saturated carbocycles. The second-order valence-electron chi connectivity index (χ2n) is 5.25. The van der Waals surface area contributed by atoms with Crippen LogP contribution in [0.3, 0.4) is 0 Å². The fourth-order valence-electron chi connectivity index (χ4n) is 2.46. The summed E-state index contributed by atoms with van der Waals surface area (Å²) in [6.45, 7) is 1.84. The van der Waals surface area contributed by atoms with E-state index in [-0.39, 0.29) is 5.16 Å². The Morgan fingerprint density at radius 1 is 1.12 bits per heavy atom. The molecule has 0 amide bonds. The second-order valence-corrected chi connectivity index (χ2v) is 6.54. The third-order valence-electron chi connectivity index (χ3n) is 3.57. The smallest absolute Gasteiger partial charge is 0.283 e. The minimum Gasteiger partial charge on any atom is -0.283 e. The molecule has 0 fully saturated rings. The number of para-hydroxylation sites is 2. The SMILES string of the molecule is Cc1nc2ccccc2nc1-c1cc2nc(S(C)=O)[nH]c(=O)n2n1. The predicted octanol–water partition coefficient (Wildman–Crippen LogP) is 1.07. The predicted molar refractivity (Wildman–Crippen MR) is 89.2 cm³/mol. The van der Waals surface area contributed by atoms with E-state index in [9.17, 15) is 9.00 Å². The molecule has 0 aliphatic rings. The zero-order valence-corrected chi connectivity index (χ0v) is 13.7. The van der Waals surface area contributed by atoms with Gasteiger partial charge in [0.05, 0.1) is 27.5 Å². The highest BCUT2D eigenvalue weighted by Gasteiger charge is 2.15. The van der Waals surface area contributed by atoms with Crippen molar-refractivity contribution in [3.8, 4) is 11.4 Å². The quantitative estimate of drug-likeness (QED) is 0.585. The van der Waals surface area contributed by atoms with Crippen molar-refractivity contribution < 1.29 is 4.21 Å². The molecule has 3 aromatic heterocycles. The summed E-state index contributed by atoms with van der Waals surface area (Å²) in [5.41, 5.74) is 3.12. The maximum Gasteiger partial charge on any atom is 0.350 e. The molecule has 0 saturated heterocycles. The number of nitrogens with one attached hydrogen (secondary N) is 1. The lowest BCUT2D eigenvalue weighted by Crippen LogP contribution is -2.21. The number of aryl methyl sites for hydroxylation is 1. The van der Waals surface area contributed by atoms with Crippen LogP contribution in [0.1, 0.15) is 5.69 Å². The topological polar surface area (TPSA) is 106 Å². The van der Waals surface area contributed by atoms with E-state index in [1.54, 1.807) is 6.07 Å². The zero-order chi connectivity index (χ0) is 16.8. The van der Waals surface area contributed by atoms with Crippen LogP contribution in [0.15, 0.2) is 40.3 Å². The number of benzene rings is 1. The van der Waals surface area contributed by atoms with Crippen molar-refractivity contribution in [2.75, 3.05) is 6.26 Å². The Labute approximate surface area is 138 Å². The third-order valence-corrected chi connectivity index (χ3v) is 4.31. The fourth-order valence-corrected chi connectivity index (χ4v) is 2.91. The van der Waals surface area contributed by atoms with Crippen LogP contribution < -0.4 is 5.69 Å². The summed E-state index contributed by atoms with van der Waals surface area (Å²) < 4.78 is 12.7. The Bertz CT molecular complexity index is 1180. The van der Waals surface area contributed by atoms with Crippen LogP contribution >= 0.6 is 0 Å². The van der Waals surface area contributed by atoms with Gasteiger partial charge < -0.3 is 0 Å². The van der Waals surface area contributed by atoms with Crippen molar-refractivity contribution in [2.24, 2.45) is 0 Å². The minimum atomic E-state index is -1.39. The first-order valence-electron chi connectivity index (χ1n) is 7.10. The van der Waals surface area contributed by atoms with E-state index < -0.39 is 16.5 Å². The van der Waals surface area contributed by atoms with Gasteiger partial charge in [0, 0.05) is 12.3 Å². The van der Waals surface area contributed by atoms with Gasteiger partial charge in [-0.25, -0.2) is 19.7 Å². The van der Waals surface area contributed by atoms with Gasteiger partial charge in [0.25, 0.3) is 0 Å². The van der Waals surface area contributed by atoms with Gasteiger partial charge in [-0.05, 0) is 19.1 Å². The summed E-state index contributed by atoms with van der Waals surface area (Å²) in [4.78, 5) is 27.8. The van der Waals surface area contributed by atoms with Gasteiger partial charge >= 0.3 is 5.69 Å². The van der Waals surface area contributed by atoms with E-state index >= 15 is 0 Å². The number of H-pyrrole nitrogens is 1. The summed E-state index contributed by atoms with van der Waals surface area (Å²) in [5, 5.41) is 4.37. The van der Waals surface area contributed by atoms with Crippen molar-refractivity contribution in [1.82, 2.24) is 29.5 Å². The van der Waals surface area contributed by atoms with Crippen LogP contribution in [-0.4, -0.2) is 40.0 Å². The van der Waals surface area contributed by atoms with Crippen molar-refractivity contribution in [1.29, 1.82) is 0 Å². The van der Waals surface area contributed by atoms with Gasteiger partial charge in [0.2, 0.25) is 5.16 Å². The molecular weight excluding hydrogens is 328 g/mol. The standard InChI is InChI=1S/C15H12N6O2S/c1-8-13(17-10-6-4-3-5-9(10)16-8)11-7-12-18-14(24(2)23)19-15(22)21(12)20-11/h3-7H,1-2H3,(H,18,19,22). The molecule has 0 aliphatic heterocycles. The first-order valence-corrected chi connectivity index (χ1v) is 8.66. The van der Waals surface area contributed by atoms with E-state index in [4.69, 9.17) is 0 Å². The van der Waals surface area contributed by atoms with Crippen LogP contribution in [0.2, 0.25) is 0 Å². The second kappa shape index (κ2) is 5.31. The monoisotopic (exact) mass is 340 g/mol. The largest absolute Gasteiger partial charge is 0.350 e. The van der Waals surface area contributed by atoms with E-state index in [1.807, 2.05) is 31.2 Å². The molecule has 0 bridgehead atoms. The molecular formula is C15H12N6O2S. The number of aromatic nitrogens is 6. The summed E-state index contributed by atoms with van der Waals surface area (Å²) in [5.74, 6) is 0. The molecule has 1 unspecified atom stereocenters. The Morgan fingerprint density at radius 2 is 1.83 bits per heavy atom. The van der Waals surface area contributed by atoms with Crippen molar-refractivity contribution >= 4 is 27.5 Å². The molecule has 1 aromatic carbocycles. The summed E-state index contributed by atoms with van der Waals surface area (Å²) in [6, 6.07) is 9.17. The van der Waals surface area contributed by atoms with Crippen LogP contribution in [0.5, 0.6) is 0 Å². The first kappa shape index (κ1) is 14.6. The van der Waals surface area contributed by atoms with Crippen molar-refractivity contribution in [2.45, 2.75) is 12.1 Å². The number of aromatic amines is 1. The van der Waals surface area contributed by atoms with Gasteiger partial charge in [-0.15, -0.1) is 0 Å². The Kier molecular flexibility index (Phi) is 3.24. The van der Waals surface area contributed by atoms with Crippen LogP contribution in [0, 0.1) is 6.92 Å². The lowest BCUT2D eigenvalue weighted by Gasteiger charge is -2.03. The molecule has 1 N–H and O–H groups in total. The molecule has 120 valence electrons. The van der Waals surface area contributed by atoms with Gasteiger partial charge in [-0.3, -0.25) is 9.19 Å². The number of rotatable bonds is 2. The third kappa shape index (κ3) is 2.29. The maximum atomic E-state index is 12.1. The molecule has 4 aromatic rings. The lowest BCUT2D eigenvalue weighted by molar-refractivity contribution is 0.675. The molecule has 0 radical (unpaired) electrons. The molecule has 4 rings (SSSR count). The van der Waals surface area contributed by atoms with Gasteiger partial charge in [-0.1, -0.05) is 12.1 Å². The van der Waals surface area contributed by atoms with E-state index in [2.05, 4.69) is 25.0 Å². The van der Waals surface area contributed by atoms with Gasteiger partial charge in [0.1, 0.15) is 11.4 Å². The highest BCUT2D eigenvalue weighted by Crippen LogP contribution is 2.22. The highest BCUT2D eigenvalue weighted by atomic mass is 32.2. The summed E-state index contributed by atoms with van der Waals surface area (Å²) in [7, 11) is -1.39. The lowest BCUT2D eigenvalue weighted by atomic mass is 10.2. The summed E-state index contributed by atoms with van der Waals surface area (Å²) >= 11 is 0. The molecule has 24 heavy (non-hydrogen) atoms. The summed E-state index contributed by atoms with van der Waals surface area (Å²) in [6.07, 6.45) is 1.45. The molecule has 8 nitrogen and oxygen atoms in total. The molecule has 9 heteroatoms. The van der Waals surface area contributed by atoms with Gasteiger partial charge in [0.15, 0.2) is 5.65 Å². The maximum absolute atomic E-state index is 12.1. The fraction of sp³-hybridized carbons (Fsp3) is 0.133. The van der Waals surface area contributed by atoms with E-state index in [0.717, 1.165) is 15.5 Å². The Balaban J connectivity index is 1.97. The van der Waals surface area contributed by atoms with Crippen LogP contribution in [0.4, 0.5) is 0 Å². The number of hydrogen-bond acceptors (Lipinski definition) is 6. The van der Waals surface area contributed by atoms with Crippen molar-refractivity contribution in [3.05, 3.63) is 46.5 Å². The number of nitrogens with zero attached hydrogens (tertiary/aromatic N) is 5. The van der Waals surface area contributed by atoms with Crippen LogP contribution in [-0.2, 0) is 10.8 Å². The Hall–Kier alpha value is -2.94. The average molecular weight is 340 g/mol. The Morgan fingerprint density at radius 3 is 2.54 bits per heavy atom. The van der Waals surface area contributed by atoms with Crippen LogP contribution in [0.25, 0.3) is 28.1 Å². The van der Waals surface area contributed by atoms with E-state index in [1.165, 1.54) is 6.26 Å². The van der Waals surface area contributed by atoms with Crippen molar-refractivity contribution in [3.63, 3.8) is 0 Å². The normalized spacial score (nSPS) is 12.8. The molecule has 0 spiro atoms. The molecule has 3 heterocycles. The number of hydrogen-bond donors (Lipinski definition) is 1. The first-order chi connectivity index (χ1) is 11.5.